The number of nitrogens with one attached hydrogen (secondary N) is 1. The highest BCUT2D eigenvalue weighted by molar-refractivity contribution is 6.33. The molecule has 1 heterocycles. The van der Waals surface area contributed by atoms with Crippen LogP contribution in [0.4, 0.5) is 4.39 Å². The molecule has 1 fully saturated rings. The lowest BCUT2D eigenvalue weighted by atomic mass is 9.94. The molecule has 1 unspecified atom stereocenters. The number of hydrogen-bond acceptors (Lipinski definition) is 2. The second kappa shape index (κ2) is 8.11. The number of amides is 1. The summed E-state index contributed by atoms with van der Waals surface area (Å²) in [7, 11) is 0. The average Bonchev–Trinajstić information content (AvgIpc) is 2.48. The zero-order valence-corrected chi connectivity index (χ0v) is 14.9. The van der Waals surface area contributed by atoms with Crippen molar-refractivity contribution in [1.82, 2.24) is 10.2 Å². The van der Waals surface area contributed by atoms with Gasteiger partial charge in [0, 0.05) is 12.6 Å². The molecular formula is C18H26ClFN2O. The first-order valence-electron chi connectivity index (χ1n) is 8.36. The van der Waals surface area contributed by atoms with Crippen molar-refractivity contribution in [1.29, 1.82) is 0 Å². The number of rotatable bonds is 5. The number of hydrogen-bond donors (Lipinski definition) is 1. The van der Waals surface area contributed by atoms with Crippen molar-refractivity contribution in [3.8, 4) is 0 Å². The summed E-state index contributed by atoms with van der Waals surface area (Å²) in [6.45, 7) is 9.22. The molecule has 3 nitrogen and oxygen atoms in total. The van der Waals surface area contributed by atoms with E-state index in [0.29, 0.717) is 12.5 Å². The minimum absolute atomic E-state index is 0.0658. The molecular weight excluding hydrogens is 315 g/mol. The predicted molar refractivity (Wildman–Crippen MR) is 92.3 cm³/mol. The van der Waals surface area contributed by atoms with Gasteiger partial charge in [-0.2, -0.15) is 0 Å². The van der Waals surface area contributed by atoms with Gasteiger partial charge >= 0.3 is 0 Å². The van der Waals surface area contributed by atoms with E-state index >= 15 is 0 Å². The van der Waals surface area contributed by atoms with E-state index in [-0.39, 0.29) is 16.6 Å². The van der Waals surface area contributed by atoms with Crippen LogP contribution in [-0.2, 0) is 0 Å². The second-order valence-electron chi connectivity index (χ2n) is 6.84. The molecule has 1 aromatic rings. The number of carbonyl (C=O) groups is 1. The molecule has 0 aliphatic carbocycles. The van der Waals surface area contributed by atoms with Crippen molar-refractivity contribution in [3.63, 3.8) is 0 Å². The van der Waals surface area contributed by atoms with Crippen LogP contribution in [0.15, 0.2) is 18.2 Å². The molecule has 1 aromatic carbocycles. The molecule has 1 amide bonds. The lowest BCUT2D eigenvalue weighted by Gasteiger charge is -2.38. The summed E-state index contributed by atoms with van der Waals surface area (Å²) in [4.78, 5) is 14.7. The van der Waals surface area contributed by atoms with Gasteiger partial charge < -0.3 is 5.32 Å². The van der Waals surface area contributed by atoms with Gasteiger partial charge in [-0.05, 0) is 49.9 Å². The van der Waals surface area contributed by atoms with Crippen molar-refractivity contribution in [3.05, 3.63) is 34.6 Å². The van der Waals surface area contributed by atoms with Gasteiger partial charge in [-0.3, -0.25) is 9.69 Å². The third kappa shape index (κ3) is 4.67. The van der Waals surface area contributed by atoms with Crippen molar-refractivity contribution >= 4 is 17.5 Å². The van der Waals surface area contributed by atoms with Crippen LogP contribution < -0.4 is 5.32 Å². The maximum atomic E-state index is 13.8. The minimum atomic E-state index is -0.581. The first-order chi connectivity index (χ1) is 10.9. The molecule has 0 aromatic heterocycles. The van der Waals surface area contributed by atoms with Crippen molar-refractivity contribution < 1.29 is 9.18 Å². The molecule has 1 atom stereocenters. The van der Waals surface area contributed by atoms with Gasteiger partial charge in [0.1, 0.15) is 5.82 Å². The van der Waals surface area contributed by atoms with Crippen LogP contribution in [0.1, 0.15) is 44.0 Å². The fraction of sp³-hybridized carbons (Fsp3) is 0.611. The van der Waals surface area contributed by atoms with Gasteiger partial charge in [0.05, 0.1) is 10.6 Å². The van der Waals surface area contributed by atoms with E-state index in [1.165, 1.54) is 31.0 Å². The number of benzene rings is 1. The highest BCUT2D eigenvalue weighted by Gasteiger charge is 2.26. The summed E-state index contributed by atoms with van der Waals surface area (Å²) in [5, 5.41) is 3.01. The molecule has 0 saturated carbocycles. The normalized spacial score (nSPS) is 18.2. The minimum Gasteiger partial charge on any atom is -0.350 e. The smallest absolute Gasteiger partial charge is 0.255 e. The van der Waals surface area contributed by atoms with Gasteiger partial charge in [-0.25, -0.2) is 4.39 Å². The fourth-order valence-electron chi connectivity index (χ4n) is 3.15. The third-order valence-corrected chi connectivity index (χ3v) is 5.03. The Labute approximate surface area is 143 Å². The van der Waals surface area contributed by atoms with Gasteiger partial charge in [-0.15, -0.1) is 0 Å². The standard InChI is InChI=1S/C18H26ClFN2O/c1-12(2)16(22-9-7-13(3)8-10-22)11-21-18(23)17-14(19)5-4-6-15(17)20/h4-6,12-13,16H,7-11H2,1-3H3,(H,21,23). The van der Waals surface area contributed by atoms with Crippen LogP contribution in [0.3, 0.4) is 0 Å². The Kier molecular flexibility index (Phi) is 6.42. The number of halogens is 2. The van der Waals surface area contributed by atoms with Gasteiger partial charge in [0.25, 0.3) is 5.91 Å². The highest BCUT2D eigenvalue weighted by Crippen LogP contribution is 2.22. The van der Waals surface area contributed by atoms with Gasteiger partial charge in [0.2, 0.25) is 0 Å². The van der Waals surface area contributed by atoms with Crippen LogP contribution in [0.2, 0.25) is 5.02 Å². The zero-order valence-electron chi connectivity index (χ0n) is 14.1. The summed E-state index contributed by atoms with van der Waals surface area (Å²) < 4.78 is 13.8. The summed E-state index contributed by atoms with van der Waals surface area (Å²) >= 11 is 5.96. The lowest BCUT2D eigenvalue weighted by Crippen LogP contribution is -2.49. The molecule has 1 aliphatic heterocycles. The zero-order chi connectivity index (χ0) is 17.0. The van der Waals surface area contributed by atoms with Crippen molar-refractivity contribution in [2.24, 2.45) is 11.8 Å². The van der Waals surface area contributed by atoms with Crippen LogP contribution in [0, 0.1) is 17.7 Å². The number of nitrogens with zero attached hydrogens (tertiary/aromatic N) is 1. The molecule has 0 bridgehead atoms. The predicted octanol–water partition coefficient (Wildman–Crippen LogP) is 3.97. The Bertz CT molecular complexity index is 522. The molecule has 1 aliphatic rings. The quantitative estimate of drug-likeness (QED) is 0.879. The monoisotopic (exact) mass is 340 g/mol. The number of likely N-dealkylation sites (tertiary alicyclic amines) is 1. The van der Waals surface area contributed by atoms with E-state index in [2.05, 4.69) is 31.0 Å². The molecule has 1 saturated heterocycles. The van der Waals surface area contributed by atoms with Crippen LogP contribution in [0.5, 0.6) is 0 Å². The Morgan fingerprint density at radius 3 is 2.61 bits per heavy atom. The van der Waals surface area contributed by atoms with Crippen molar-refractivity contribution in [2.45, 2.75) is 39.7 Å². The molecule has 128 valence electrons. The maximum Gasteiger partial charge on any atom is 0.255 e. The van der Waals surface area contributed by atoms with E-state index in [9.17, 15) is 9.18 Å². The number of piperidine rings is 1. The summed E-state index contributed by atoms with van der Waals surface area (Å²) in [5.74, 6) is 0.165. The summed E-state index contributed by atoms with van der Waals surface area (Å²) in [6.07, 6.45) is 2.38. The lowest BCUT2D eigenvalue weighted by molar-refractivity contribution is 0.0860. The van der Waals surface area contributed by atoms with E-state index < -0.39 is 11.7 Å². The van der Waals surface area contributed by atoms with E-state index in [1.807, 2.05) is 0 Å². The topological polar surface area (TPSA) is 32.3 Å². The van der Waals surface area contributed by atoms with Gasteiger partial charge in [0.15, 0.2) is 0 Å². The molecule has 1 N–H and O–H groups in total. The fourth-order valence-corrected chi connectivity index (χ4v) is 3.40. The Morgan fingerprint density at radius 2 is 2.04 bits per heavy atom. The van der Waals surface area contributed by atoms with E-state index in [4.69, 9.17) is 11.6 Å². The van der Waals surface area contributed by atoms with Crippen molar-refractivity contribution in [2.75, 3.05) is 19.6 Å². The Morgan fingerprint density at radius 1 is 1.39 bits per heavy atom. The van der Waals surface area contributed by atoms with Crippen LogP contribution >= 0.6 is 11.6 Å². The van der Waals surface area contributed by atoms with Gasteiger partial charge in [-0.1, -0.05) is 38.4 Å². The average molecular weight is 341 g/mol. The summed E-state index contributed by atoms with van der Waals surface area (Å²) in [5.41, 5.74) is -0.0658. The second-order valence-corrected chi connectivity index (χ2v) is 7.24. The Balaban J connectivity index is 2.00. The third-order valence-electron chi connectivity index (χ3n) is 4.72. The number of carbonyl (C=O) groups excluding carboxylic acids is 1. The largest absolute Gasteiger partial charge is 0.350 e. The Hall–Kier alpha value is -1.13. The highest BCUT2D eigenvalue weighted by atomic mass is 35.5. The molecule has 5 heteroatoms. The molecule has 0 spiro atoms. The SMILES string of the molecule is CC1CCN(C(CNC(=O)c2c(F)cccc2Cl)C(C)C)CC1. The van der Waals surface area contributed by atoms with E-state index in [1.54, 1.807) is 0 Å². The molecule has 0 radical (unpaired) electrons. The van der Waals surface area contributed by atoms with E-state index in [0.717, 1.165) is 19.0 Å². The maximum absolute atomic E-state index is 13.8. The molecule has 2 rings (SSSR count). The first kappa shape index (κ1) is 18.2. The van der Waals surface area contributed by atoms with Crippen LogP contribution in [-0.4, -0.2) is 36.5 Å². The molecule has 23 heavy (non-hydrogen) atoms. The summed E-state index contributed by atoms with van der Waals surface area (Å²) in [6, 6.07) is 4.55. The first-order valence-corrected chi connectivity index (χ1v) is 8.74. The van der Waals surface area contributed by atoms with Crippen LogP contribution in [0.25, 0.3) is 0 Å².